The average Bonchev–Trinajstić information content (AvgIpc) is 3.47. The standard InChI is InChI=1S/C29H25F3N6O3S/c1-17(2)21-6-4-5-7-23(21)38-25(39)16-42-28(38)35-33-15-18-8-13-22-24(14-18)37(3)36-26(22)27(40)34-19-9-11-20(12-10-19)41-29(30,31)32/h4-15,17H,16H2,1-3H3,(H,34,40)/b33-15+,35-28-. The Kier molecular flexibility index (Phi) is 8.03. The number of nitrogens with zero attached hydrogens (tertiary/aromatic N) is 5. The van der Waals surface area contributed by atoms with E-state index in [1.807, 2.05) is 24.3 Å². The third-order valence-electron chi connectivity index (χ3n) is 6.35. The molecular weight excluding hydrogens is 569 g/mol. The number of benzene rings is 3. The van der Waals surface area contributed by atoms with Crippen LogP contribution in [0.1, 0.15) is 41.4 Å². The SMILES string of the molecule is CC(C)c1ccccc1N1C(=O)CS/C1=N\N=C\c1ccc2c(C(=O)Nc3ccc(OC(F)(F)F)cc3)nn(C)c2c1. The maximum absolute atomic E-state index is 12.9. The van der Waals surface area contributed by atoms with E-state index < -0.39 is 18.0 Å². The van der Waals surface area contributed by atoms with Gasteiger partial charge in [0.05, 0.1) is 23.2 Å². The predicted octanol–water partition coefficient (Wildman–Crippen LogP) is 6.32. The number of hydrogen-bond donors (Lipinski definition) is 1. The molecule has 1 aliphatic rings. The van der Waals surface area contributed by atoms with Crippen molar-refractivity contribution in [1.82, 2.24) is 9.78 Å². The van der Waals surface area contributed by atoms with Gasteiger partial charge in [-0.1, -0.05) is 49.9 Å². The van der Waals surface area contributed by atoms with E-state index in [2.05, 4.69) is 39.2 Å². The van der Waals surface area contributed by atoms with Crippen molar-refractivity contribution in [2.45, 2.75) is 26.1 Å². The molecule has 5 rings (SSSR count). The van der Waals surface area contributed by atoms with E-state index in [1.54, 1.807) is 41.0 Å². The lowest BCUT2D eigenvalue weighted by Gasteiger charge is -2.20. The molecule has 2 amide bonds. The molecule has 2 heterocycles. The minimum Gasteiger partial charge on any atom is -0.406 e. The van der Waals surface area contributed by atoms with Gasteiger partial charge in [-0.2, -0.15) is 10.2 Å². The van der Waals surface area contributed by atoms with E-state index >= 15 is 0 Å². The third-order valence-corrected chi connectivity index (χ3v) is 7.27. The highest BCUT2D eigenvalue weighted by Crippen LogP contribution is 2.33. The van der Waals surface area contributed by atoms with Crippen molar-refractivity contribution in [3.63, 3.8) is 0 Å². The number of aryl methyl sites for hydroxylation is 1. The fraction of sp³-hybridized carbons (Fsp3) is 0.207. The number of amidine groups is 1. The molecule has 4 aromatic rings. The molecule has 0 aliphatic carbocycles. The van der Waals surface area contributed by atoms with Crippen LogP contribution in [0.15, 0.2) is 76.9 Å². The van der Waals surface area contributed by atoms with Crippen LogP contribution in [0.2, 0.25) is 0 Å². The van der Waals surface area contributed by atoms with E-state index in [9.17, 15) is 22.8 Å². The van der Waals surface area contributed by atoms with Crippen molar-refractivity contribution in [3.05, 3.63) is 83.6 Å². The number of para-hydroxylation sites is 1. The summed E-state index contributed by atoms with van der Waals surface area (Å²) in [7, 11) is 1.69. The molecule has 1 fully saturated rings. The molecule has 0 atom stereocenters. The number of thioether (sulfide) groups is 1. The lowest BCUT2D eigenvalue weighted by Crippen LogP contribution is -2.30. The number of nitrogens with one attached hydrogen (secondary N) is 1. The van der Waals surface area contributed by atoms with Crippen molar-refractivity contribution in [2.24, 2.45) is 17.3 Å². The summed E-state index contributed by atoms with van der Waals surface area (Å²) in [6.45, 7) is 4.14. The largest absolute Gasteiger partial charge is 0.573 e. The summed E-state index contributed by atoms with van der Waals surface area (Å²) in [5.41, 5.74) is 3.62. The first-order chi connectivity index (χ1) is 20.0. The van der Waals surface area contributed by atoms with Crippen molar-refractivity contribution in [1.29, 1.82) is 0 Å². The third kappa shape index (κ3) is 6.30. The summed E-state index contributed by atoms with van der Waals surface area (Å²) in [6.07, 6.45) is -3.25. The van der Waals surface area contributed by atoms with Crippen molar-refractivity contribution in [2.75, 3.05) is 16.0 Å². The topological polar surface area (TPSA) is 101 Å². The van der Waals surface area contributed by atoms with Gasteiger partial charge in [0, 0.05) is 18.1 Å². The number of fused-ring (bicyclic) bond motifs is 1. The molecule has 0 saturated carbocycles. The van der Waals surface area contributed by atoms with Gasteiger partial charge in [0.15, 0.2) is 10.9 Å². The number of amides is 2. The van der Waals surface area contributed by atoms with Crippen LogP contribution < -0.4 is 15.0 Å². The Labute approximate surface area is 243 Å². The van der Waals surface area contributed by atoms with E-state index in [1.165, 1.54) is 23.9 Å². The molecule has 1 saturated heterocycles. The highest BCUT2D eigenvalue weighted by molar-refractivity contribution is 8.15. The summed E-state index contributed by atoms with van der Waals surface area (Å²) in [4.78, 5) is 27.2. The Balaban J connectivity index is 1.33. The second-order valence-electron chi connectivity index (χ2n) is 9.63. The summed E-state index contributed by atoms with van der Waals surface area (Å²) in [5, 5.41) is 16.6. The van der Waals surface area contributed by atoms with Crippen molar-refractivity contribution in [3.8, 4) is 5.75 Å². The summed E-state index contributed by atoms with van der Waals surface area (Å²) < 4.78 is 42.6. The minimum atomic E-state index is -4.80. The first-order valence-corrected chi connectivity index (χ1v) is 13.8. The van der Waals surface area contributed by atoms with Crippen LogP contribution in [-0.2, 0) is 11.8 Å². The van der Waals surface area contributed by atoms with Crippen LogP contribution >= 0.6 is 11.8 Å². The normalized spacial score (nSPS) is 15.0. The lowest BCUT2D eigenvalue weighted by atomic mass is 10.0. The molecule has 1 N–H and O–H groups in total. The monoisotopic (exact) mass is 594 g/mol. The first-order valence-electron chi connectivity index (χ1n) is 12.8. The second-order valence-corrected chi connectivity index (χ2v) is 10.6. The van der Waals surface area contributed by atoms with Gasteiger partial charge in [0.1, 0.15) is 5.75 Å². The summed E-state index contributed by atoms with van der Waals surface area (Å²) in [5.74, 6) is -0.482. The smallest absolute Gasteiger partial charge is 0.406 e. The number of alkyl halides is 3. The van der Waals surface area contributed by atoms with Gasteiger partial charge >= 0.3 is 6.36 Å². The molecular formula is C29H25F3N6O3S. The predicted molar refractivity (Wildman–Crippen MR) is 157 cm³/mol. The zero-order valence-electron chi connectivity index (χ0n) is 22.7. The molecule has 42 heavy (non-hydrogen) atoms. The number of carbonyl (C=O) groups excluding carboxylic acids is 2. The Hall–Kier alpha value is -4.65. The molecule has 1 aromatic heterocycles. The van der Waals surface area contributed by atoms with Crippen LogP contribution in [0.25, 0.3) is 10.9 Å². The number of hydrogen-bond acceptors (Lipinski definition) is 7. The quantitative estimate of drug-likeness (QED) is 0.199. The number of ether oxygens (including phenoxy) is 1. The van der Waals surface area contributed by atoms with Gasteiger partial charge in [-0.05, 0) is 59.5 Å². The number of aromatic nitrogens is 2. The maximum Gasteiger partial charge on any atom is 0.573 e. The molecule has 3 aromatic carbocycles. The molecule has 0 unspecified atom stereocenters. The second kappa shape index (κ2) is 11.7. The molecule has 13 heteroatoms. The first kappa shape index (κ1) is 28.9. The van der Waals surface area contributed by atoms with Crippen LogP contribution in [0.5, 0.6) is 5.75 Å². The van der Waals surface area contributed by atoms with Gasteiger partial charge in [-0.3, -0.25) is 19.2 Å². The number of halogens is 3. The van der Waals surface area contributed by atoms with Crippen LogP contribution in [0.4, 0.5) is 24.5 Å². The summed E-state index contributed by atoms with van der Waals surface area (Å²) >= 11 is 1.32. The van der Waals surface area contributed by atoms with Crippen LogP contribution in [0, 0.1) is 0 Å². The Morgan fingerprint density at radius 1 is 1.12 bits per heavy atom. The molecule has 9 nitrogen and oxygen atoms in total. The van der Waals surface area contributed by atoms with E-state index in [0.29, 0.717) is 21.6 Å². The van der Waals surface area contributed by atoms with Crippen molar-refractivity contribution >= 4 is 57.2 Å². The molecule has 0 radical (unpaired) electrons. The van der Waals surface area contributed by atoms with Gasteiger partial charge < -0.3 is 10.1 Å². The van der Waals surface area contributed by atoms with E-state index in [4.69, 9.17) is 0 Å². The molecule has 0 spiro atoms. The Bertz CT molecular complexity index is 1710. The highest BCUT2D eigenvalue weighted by Gasteiger charge is 2.32. The zero-order valence-corrected chi connectivity index (χ0v) is 23.5. The fourth-order valence-corrected chi connectivity index (χ4v) is 5.27. The number of anilines is 2. The average molecular weight is 595 g/mol. The number of rotatable bonds is 7. The highest BCUT2D eigenvalue weighted by atomic mass is 32.2. The van der Waals surface area contributed by atoms with Gasteiger partial charge in [0.25, 0.3) is 5.91 Å². The molecule has 0 bridgehead atoms. The van der Waals surface area contributed by atoms with Gasteiger partial charge in [-0.15, -0.1) is 18.3 Å². The van der Waals surface area contributed by atoms with Crippen LogP contribution in [-0.4, -0.2) is 45.1 Å². The van der Waals surface area contributed by atoms with E-state index in [0.717, 1.165) is 23.4 Å². The fourth-order valence-electron chi connectivity index (χ4n) is 4.45. The zero-order chi connectivity index (χ0) is 30.0. The Morgan fingerprint density at radius 2 is 1.86 bits per heavy atom. The minimum absolute atomic E-state index is 0.0604. The lowest BCUT2D eigenvalue weighted by molar-refractivity contribution is -0.274. The molecule has 216 valence electrons. The van der Waals surface area contributed by atoms with Crippen molar-refractivity contribution < 1.29 is 27.5 Å². The number of carbonyl (C=O) groups is 2. The Morgan fingerprint density at radius 3 is 2.57 bits per heavy atom. The van der Waals surface area contributed by atoms with E-state index in [-0.39, 0.29) is 29.0 Å². The maximum atomic E-state index is 12.9. The summed E-state index contributed by atoms with van der Waals surface area (Å²) in [6, 6.07) is 17.8. The van der Waals surface area contributed by atoms with Gasteiger partial charge in [0.2, 0.25) is 5.91 Å². The van der Waals surface area contributed by atoms with Gasteiger partial charge in [-0.25, -0.2) is 0 Å². The molecule has 1 aliphatic heterocycles. The van der Waals surface area contributed by atoms with Crippen LogP contribution in [0.3, 0.4) is 0 Å².